The van der Waals surface area contributed by atoms with E-state index in [4.69, 9.17) is 15.5 Å². The molecule has 1 saturated carbocycles. The molecule has 0 saturated heterocycles. The number of methoxy groups -OCH3 is 1. The van der Waals surface area contributed by atoms with Crippen molar-refractivity contribution in [2.24, 2.45) is 10.9 Å². The van der Waals surface area contributed by atoms with Crippen LogP contribution in [0.4, 0.5) is 16.2 Å². The van der Waals surface area contributed by atoms with Gasteiger partial charge in [0.05, 0.1) is 30.3 Å². The molecular formula is C38H44N4O5S. The summed E-state index contributed by atoms with van der Waals surface area (Å²) in [4.78, 5) is 17.9. The molecule has 0 spiro atoms. The quantitative estimate of drug-likeness (QED) is 0.100. The second-order valence-electron chi connectivity index (χ2n) is 12.3. The predicted molar refractivity (Wildman–Crippen MR) is 190 cm³/mol. The molecule has 0 heterocycles. The Hall–Kier alpha value is -4.51. The maximum absolute atomic E-state index is 13.8. The minimum Gasteiger partial charge on any atom is -0.453 e. The molecule has 252 valence electrons. The highest BCUT2D eigenvalue weighted by molar-refractivity contribution is 7.89. The Morgan fingerprint density at radius 2 is 1.52 bits per heavy atom. The van der Waals surface area contributed by atoms with Crippen molar-refractivity contribution >= 4 is 33.2 Å². The minimum absolute atomic E-state index is 0.159. The molecular weight excluding hydrogens is 625 g/mol. The van der Waals surface area contributed by atoms with E-state index in [-0.39, 0.29) is 23.3 Å². The van der Waals surface area contributed by atoms with Crippen LogP contribution >= 0.6 is 0 Å². The van der Waals surface area contributed by atoms with E-state index < -0.39 is 28.2 Å². The molecule has 4 aromatic carbocycles. The molecule has 48 heavy (non-hydrogen) atoms. The second kappa shape index (κ2) is 16.1. The first-order valence-electron chi connectivity index (χ1n) is 16.3. The van der Waals surface area contributed by atoms with Crippen molar-refractivity contribution in [3.8, 4) is 0 Å². The van der Waals surface area contributed by atoms with Gasteiger partial charge in [-0.1, -0.05) is 78.9 Å². The number of alkyl carbamates (subject to hydrolysis) is 1. The largest absolute Gasteiger partial charge is 0.453 e. The minimum atomic E-state index is -3.87. The van der Waals surface area contributed by atoms with Crippen LogP contribution in [0.2, 0.25) is 0 Å². The molecule has 5 rings (SSSR count). The third-order valence-electron chi connectivity index (χ3n) is 8.83. The Bertz CT molecular complexity index is 1740. The van der Waals surface area contributed by atoms with Gasteiger partial charge in [-0.25, -0.2) is 13.2 Å². The fraction of sp³-hybridized carbons (Fsp3) is 0.316. The van der Waals surface area contributed by atoms with Gasteiger partial charge in [0.2, 0.25) is 10.0 Å². The van der Waals surface area contributed by atoms with E-state index in [1.807, 2.05) is 91.9 Å². The number of benzene rings is 4. The van der Waals surface area contributed by atoms with Gasteiger partial charge in [0, 0.05) is 29.9 Å². The molecule has 10 heteroatoms. The molecule has 4 aromatic rings. The summed E-state index contributed by atoms with van der Waals surface area (Å²) in [7, 11) is -2.53. The average Bonchev–Trinajstić information content (AvgIpc) is 3.94. The third kappa shape index (κ3) is 8.69. The zero-order valence-corrected chi connectivity index (χ0v) is 28.2. The lowest BCUT2D eigenvalue weighted by Gasteiger charge is -2.30. The number of sulfonamides is 1. The van der Waals surface area contributed by atoms with E-state index in [2.05, 4.69) is 5.32 Å². The first-order valence-corrected chi connectivity index (χ1v) is 17.7. The Balaban J connectivity index is 1.45. The number of carbonyl (C=O) groups is 1. The lowest BCUT2D eigenvalue weighted by molar-refractivity contribution is 0.168. The number of amides is 1. The maximum Gasteiger partial charge on any atom is 0.407 e. The van der Waals surface area contributed by atoms with Crippen molar-refractivity contribution in [3.63, 3.8) is 0 Å². The number of nitrogens with one attached hydrogen (secondary N) is 1. The van der Waals surface area contributed by atoms with Crippen LogP contribution in [0.15, 0.2) is 119 Å². The van der Waals surface area contributed by atoms with E-state index in [1.54, 1.807) is 12.1 Å². The molecule has 0 radical (unpaired) electrons. The van der Waals surface area contributed by atoms with Gasteiger partial charge in [-0.15, -0.1) is 0 Å². The SMILES string of the molecule is COC(=O)NC(C(C)=Nc1ccccc1CCC(CO)N(CC1CC1)S(=O)(=O)c1ccc(N)cc1)C(c1ccccc1)c1ccccc1. The Kier molecular flexibility index (Phi) is 11.6. The zero-order chi connectivity index (χ0) is 34.1. The van der Waals surface area contributed by atoms with Crippen molar-refractivity contribution in [1.29, 1.82) is 0 Å². The number of ether oxygens (including phenoxy) is 1. The number of nitrogen functional groups attached to an aromatic ring is 1. The van der Waals surface area contributed by atoms with Gasteiger partial charge in [-0.3, -0.25) is 4.99 Å². The number of aliphatic imine (C=N–C) groups is 1. The average molecular weight is 669 g/mol. The molecule has 9 nitrogen and oxygen atoms in total. The number of aliphatic hydroxyl groups excluding tert-OH is 1. The molecule has 1 fully saturated rings. The smallest absolute Gasteiger partial charge is 0.407 e. The number of nitrogens with zero attached hydrogens (tertiary/aromatic N) is 2. The van der Waals surface area contributed by atoms with Gasteiger partial charge in [0.25, 0.3) is 0 Å². The number of carbonyl (C=O) groups excluding carboxylic acids is 1. The molecule has 2 atom stereocenters. The molecule has 1 aliphatic rings. The zero-order valence-electron chi connectivity index (χ0n) is 27.4. The van der Waals surface area contributed by atoms with Crippen LogP contribution in [0.25, 0.3) is 0 Å². The highest BCUT2D eigenvalue weighted by Gasteiger charge is 2.36. The van der Waals surface area contributed by atoms with Crippen LogP contribution in [0, 0.1) is 5.92 Å². The Morgan fingerprint density at radius 3 is 2.08 bits per heavy atom. The summed E-state index contributed by atoms with van der Waals surface area (Å²) in [5.74, 6) is 0.0271. The molecule has 1 amide bonds. The van der Waals surface area contributed by atoms with E-state index in [0.717, 1.165) is 29.5 Å². The van der Waals surface area contributed by atoms with Crippen molar-refractivity contribution in [2.45, 2.75) is 55.5 Å². The second-order valence-corrected chi connectivity index (χ2v) is 14.1. The van der Waals surface area contributed by atoms with Gasteiger partial charge >= 0.3 is 6.09 Å². The molecule has 4 N–H and O–H groups in total. The lowest BCUT2D eigenvalue weighted by atomic mass is 9.83. The standard InChI is InChI=1S/C38H44N4O5S/c1-27(37(41-38(44)47-2)36(30-12-5-3-6-13-30)31-14-7-4-8-15-31)40-35-16-10-9-11-29(35)19-22-33(26-43)42(25-28-17-18-28)48(45,46)34-23-20-32(39)21-24-34/h3-16,20-21,23-24,28,33,36-37,43H,17-19,22,25-26,39H2,1-2H3,(H,41,44). The van der Waals surface area contributed by atoms with Gasteiger partial charge in [-0.05, 0) is 85.5 Å². The first-order chi connectivity index (χ1) is 23.2. The number of nitrogens with two attached hydrogens (primary N) is 1. The third-order valence-corrected chi connectivity index (χ3v) is 10.8. The summed E-state index contributed by atoms with van der Waals surface area (Å²) >= 11 is 0. The van der Waals surface area contributed by atoms with Crippen molar-refractivity contribution in [2.75, 3.05) is 26.0 Å². The van der Waals surface area contributed by atoms with Gasteiger partial charge in [-0.2, -0.15) is 4.31 Å². The summed E-state index contributed by atoms with van der Waals surface area (Å²) in [5, 5.41) is 13.6. The number of hydrogen-bond donors (Lipinski definition) is 3. The number of anilines is 1. The van der Waals surface area contributed by atoms with Crippen LogP contribution in [-0.4, -0.2) is 62.0 Å². The maximum atomic E-state index is 13.8. The molecule has 1 aliphatic carbocycles. The predicted octanol–water partition coefficient (Wildman–Crippen LogP) is 6.31. The fourth-order valence-electron chi connectivity index (χ4n) is 6.03. The Labute approximate surface area is 283 Å². The summed E-state index contributed by atoms with van der Waals surface area (Å²) in [6.07, 6.45) is 2.24. The van der Waals surface area contributed by atoms with Crippen molar-refractivity contribution in [3.05, 3.63) is 126 Å². The molecule has 0 bridgehead atoms. The topological polar surface area (TPSA) is 134 Å². The highest BCUT2D eigenvalue weighted by atomic mass is 32.2. The monoisotopic (exact) mass is 668 g/mol. The number of hydrogen-bond acceptors (Lipinski definition) is 7. The number of para-hydroxylation sites is 1. The number of aliphatic hydroxyl groups is 1. The molecule has 2 unspecified atom stereocenters. The molecule has 0 aromatic heterocycles. The van der Waals surface area contributed by atoms with E-state index in [1.165, 1.54) is 23.5 Å². The van der Waals surface area contributed by atoms with Crippen LogP contribution in [0.3, 0.4) is 0 Å². The van der Waals surface area contributed by atoms with Crippen molar-refractivity contribution in [1.82, 2.24) is 9.62 Å². The number of aryl methyl sites for hydroxylation is 1. The Morgan fingerprint density at radius 1 is 0.938 bits per heavy atom. The van der Waals surface area contributed by atoms with E-state index >= 15 is 0 Å². The van der Waals surface area contributed by atoms with Crippen LogP contribution in [0.5, 0.6) is 0 Å². The summed E-state index contributed by atoms with van der Waals surface area (Å²) in [6.45, 7) is 1.94. The fourth-order valence-corrected chi connectivity index (χ4v) is 7.75. The van der Waals surface area contributed by atoms with Crippen LogP contribution < -0.4 is 11.1 Å². The first kappa shape index (κ1) is 34.8. The van der Waals surface area contributed by atoms with Gasteiger partial charge < -0.3 is 20.9 Å². The summed E-state index contributed by atoms with van der Waals surface area (Å²) < 4.78 is 34.1. The summed E-state index contributed by atoms with van der Waals surface area (Å²) in [5.41, 5.74) is 10.6. The van der Waals surface area contributed by atoms with Gasteiger partial charge in [0.15, 0.2) is 0 Å². The highest BCUT2D eigenvalue weighted by Crippen LogP contribution is 2.34. The summed E-state index contributed by atoms with van der Waals surface area (Å²) in [6, 6.07) is 32.7. The number of rotatable bonds is 15. The van der Waals surface area contributed by atoms with E-state index in [9.17, 15) is 18.3 Å². The van der Waals surface area contributed by atoms with Crippen LogP contribution in [-0.2, 0) is 21.2 Å². The lowest BCUT2D eigenvalue weighted by Crippen LogP contribution is -2.44. The normalized spacial score (nSPS) is 14.9. The van der Waals surface area contributed by atoms with E-state index in [0.29, 0.717) is 36.5 Å². The van der Waals surface area contributed by atoms with Crippen molar-refractivity contribution < 1.29 is 23.1 Å². The van der Waals surface area contributed by atoms with Gasteiger partial charge in [0.1, 0.15) is 0 Å². The molecule has 0 aliphatic heterocycles. The van der Waals surface area contributed by atoms with Crippen LogP contribution in [0.1, 0.15) is 48.8 Å².